The molecule has 0 aromatic heterocycles. The SMILES string of the molecule is CCCC(N)C(O)[C@H](O)NCC(=O)N[C@H](C)c1ccccc1. The Morgan fingerprint density at radius 3 is 2.50 bits per heavy atom. The number of nitrogens with two attached hydrogens (primary N) is 1. The molecule has 0 saturated heterocycles. The van der Waals surface area contributed by atoms with Gasteiger partial charge in [-0.2, -0.15) is 0 Å². The van der Waals surface area contributed by atoms with Gasteiger partial charge in [0.05, 0.1) is 12.6 Å². The minimum Gasteiger partial charge on any atom is -0.387 e. The van der Waals surface area contributed by atoms with E-state index < -0.39 is 18.4 Å². The minimum absolute atomic E-state index is 0.0890. The van der Waals surface area contributed by atoms with Gasteiger partial charge in [-0.05, 0) is 18.9 Å². The maximum Gasteiger partial charge on any atom is 0.234 e. The van der Waals surface area contributed by atoms with Crippen LogP contribution in [-0.2, 0) is 4.79 Å². The summed E-state index contributed by atoms with van der Waals surface area (Å²) in [6.07, 6.45) is -0.893. The molecule has 6 nitrogen and oxygen atoms in total. The molecule has 0 fully saturated rings. The number of hydrogen-bond acceptors (Lipinski definition) is 5. The van der Waals surface area contributed by atoms with Gasteiger partial charge in [0.25, 0.3) is 0 Å². The van der Waals surface area contributed by atoms with Gasteiger partial charge in [0.1, 0.15) is 12.3 Å². The first kappa shape index (κ1) is 18.6. The van der Waals surface area contributed by atoms with Crippen molar-refractivity contribution in [2.45, 2.75) is 51.1 Å². The normalized spacial score (nSPS) is 16.6. The second-order valence-corrected chi connectivity index (χ2v) is 5.47. The average molecular weight is 309 g/mol. The summed E-state index contributed by atoms with van der Waals surface area (Å²) in [5, 5.41) is 25.0. The van der Waals surface area contributed by atoms with Gasteiger partial charge >= 0.3 is 0 Å². The Morgan fingerprint density at radius 1 is 1.27 bits per heavy atom. The van der Waals surface area contributed by atoms with Gasteiger partial charge in [-0.1, -0.05) is 43.7 Å². The van der Waals surface area contributed by atoms with Crippen LogP contribution in [-0.4, -0.2) is 41.0 Å². The van der Waals surface area contributed by atoms with Gasteiger partial charge in [0.2, 0.25) is 5.91 Å². The van der Waals surface area contributed by atoms with Crippen molar-refractivity contribution in [2.75, 3.05) is 6.54 Å². The zero-order valence-corrected chi connectivity index (χ0v) is 13.2. The second kappa shape index (κ2) is 9.53. The lowest BCUT2D eigenvalue weighted by Crippen LogP contribution is -2.51. The molecule has 6 N–H and O–H groups in total. The lowest BCUT2D eigenvalue weighted by Gasteiger charge is -2.24. The standard InChI is InChI=1S/C16H27N3O3/c1-3-7-13(17)15(21)16(22)18-10-14(20)19-11(2)12-8-5-4-6-9-12/h4-6,8-9,11,13,15-16,18,21-22H,3,7,10,17H2,1-2H3,(H,19,20)/t11-,13?,15?,16+/m1/s1. The first-order chi connectivity index (χ1) is 10.5. The first-order valence-electron chi connectivity index (χ1n) is 7.65. The van der Waals surface area contributed by atoms with Gasteiger partial charge in [-0.15, -0.1) is 0 Å². The Labute approximate surface area is 131 Å². The molecule has 0 aliphatic heterocycles. The van der Waals surface area contributed by atoms with E-state index >= 15 is 0 Å². The second-order valence-electron chi connectivity index (χ2n) is 5.47. The summed E-state index contributed by atoms with van der Waals surface area (Å²) in [6, 6.07) is 8.95. The zero-order valence-electron chi connectivity index (χ0n) is 13.2. The smallest absolute Gasteiger partial charge is 0.234 e. The number of benzene rings is 1. The van der Waals surface area contributed by atoms with Crippen molar-refractivity contribution in [1.82, 2.24) is 10.6 Å². The minimum atomic E-state index is -1.22. The van der Waals surface area contributed by atoms with Crippen LogP contribution in [0.1, 0.15) is 38.3 Å². The quantitative estimate of drug-likeness (QED) is 0.421. The molecule has 1 aromatic carbocycles. The Bertz CT molecular complexity index is 442. The van der Waals surface area contributed by atoms with E-state index in [1.54, 1.807) is 0 Å². The van der Waals surface area contributed by atoms with Crippen LogP contribution >= 0.6 is 0 Å². The van der Waals surface area contributed by atoms with Crippen molar-refractivity contribution in [2.24, 2.45) is 5.73 Å². The van der Waals surface area contributed by atoms with Crippen molar-refractivity contribution in [1.29, 1.82) is 0 Å². The molecule has 6 heteroatoms. The van der Waals surface area contributed by atoms with E-state index in [4.69, 9.17) is 5.73 Å². The third-order valence-electron chi connectivity index (χ3n) is 3.53. The molecule has 0 bridgehead atoms. The number of rotatable bonds is 9. The maximum absolute atomic E-state index is 11.9. The highest BCUT2D eigenvalue weighted by atomic mass is 16.3. The molecule has 0 spiro atoms. The van der Waals surface area contributed by atoms with Gasteiger partial charge in [0.15, 0.2) is 0 Å². The van der Waals surface area contributed by atoms with Crippen LogP contribution in [0.3, 0.4) is 0 Å². The lowest BCUT2D eigenvalue weighted by atomic mass is 10.1. The van der Waals surface area contributed by atoms with E-state index in [9.17, 15) is 15.0 Å². The third-order valence-corrected chi connectivity index (χ3v) is 3.53. The molecule has 1 aromatic rings. The van der Waals surface area contributed by atoms with E-state index in [1.807, 2.05) is 44.2 Å². The highest BCUT2D eigenvalue weighted by molar-refractivity contribution is 5.78. The van der Waals surface area contributed by atoms with Crippen molar-refractivity contribution < 1.29 is 15.0 Å². The highest BCUT2D eigenvalue weighted by Gasteiger charge is 2.23. The average Bonchev–Trinajstić information content (AvgIpc) is 2.52. The number of aliphatic hydroxyl groups excluding tert-OH is 2. The van der Waals surface area contributed by atoms with Crippen molar-refractivity contribution >= 4 is 5.91 Å². The van der Waals surface area contributed by atoms with Crippen molar-refractivity contribution in [3.63, 3.8) is 0 Å². The summed E-state index contributed by atoms with van der Waals surface area (Å²) in [5.74, 6) is -0.258. The van der Waals surface area contributed by atoms with Crippen LogP contribution in [0.4, 0.5) is 0 Å². The molecule has 0 saturated carbocycles. The van der Waals surface area contributed by atoms with E-state index in [0.29, 0.717) is 6.42 Å². The summed E-state index contributed by atoms with van der Waals surface area (Å²) < 4.78 is 0. The van der Waals surface area contributed by atoms with Crippen molar-refractivity contribution in [3.05, 3.63) is 35.9 Å². The van der Waals surface area contributed by atoms with Gasteiger partial charge in [-0.25, -0.2) is 0 Å². The van der Waals surface area contributed by atoms with E-state index in [0.717, 1.165) is 12.0 Å². The number of aliphatic hydroxyl groups is 2. The van der Waals surface area contributed by atoms with Crippen molar-refractivity contribution in [3.8, 4) is 0 Å². The fourth-order valence-corrected chi connectivity index (χ4v) is 2.17. The molecule has 124 valence electrons. The number of amides is 1. The number of carbonyl (C=O) groups excluding carboxylic acids is 1. The number of hydrogen-bond donors (Lipinski definition) is 5. The van der Waals surface area contributed by atoms with Crippen LogP contribution in [0, 0.1) is 0 Å². The molecule has 2 unspecified atom stereocenters. The summed E-state index contributed by atoms with van der Waals surface area (Å²) in [5.41, 5.74) is 6.74. The molecular formula is C16H27N3O3. The molecule has 0 heterocycles. The predicted molar refractivity (Wildman–Crippen MR) is 85.9 cm³/mol. The molecule has 0 aliphatic rings. The van der Waals surface area contributed by atoms with Gasteiger partial charge in [-0.3, -0.25) is 10.1 Å². The molecule has 0 aliphatic carbocycles. The fourth-order valence-electron chi connectivity index (χ4n) is 2.17. The topological polar surface area (TPSA) is 108 Å². The summed E-state index contributed by atoms with van der Waals surface area (Å²) >= 11 is 0. The van der Waals surface area contributed by atoms with Gasteiger partial charge < -0.3 is 21.3 Å². The Balaban J connectivity index is 2.36. The summed E-state index contributed by atoms with van der Waals surface area (Å²) in [6.45, 7) is 3.74. The maximum atomic E-state index is 11.9. The third kappa shape index (κ3) is 6.11. The summed E-state index contributed by atoms with van der Waals surface area (Å²) in [4.78, 5) is 11.9. The zero-order chi connectivity index (χ0) is 16.5. The van der Waals surface area contributed by atoms with Gasteiger partial charge in [0, 0.05) is 6.04 Å². The first-order valence-corrected chi connectivity index (χ1v) is 7.65. The lowest BCUT2D eigenvalue weighted by molar-refractivity contribution is -0.122. The predicted octanol–water partition coefficient (Wildman–Crippen LogP) is 0.260. The Kier molecular flexibility index (Phi) is 8.05. The number of nitrogens with one attached hydrogen (secondary N) is 2. The highest BCUT2D eigenvalue weighted by Crippen LogP contribution is 2.10. The largest absolute Gasteiger partial charge is 0.387 e. The molecule has 22 heavy (non-hydrogen) atoms. The fraction of sp³-hybridized carbons (Fsp3) is 0.562. The van der Waals surface area contributed by atoms with Crippen LogP contribution in [0.5, 0.6) is 0 Å². The Hall–Kier alpha value is -1.47. The summed E-state index contributed by atoms with van der Waals surface area (Å²) in [7, 11) is 0. The molecule has 4 atom stereocenters. The van der Waals surface area contributed by atoms with E-state index in [2.05, 4.69) is 10.6 Å². The van der Waals surface area contributed by atoms with Crippen LogP contribution in [0.2, 0.25) is 0 Å². The van der Waals surface area contributed by atoms with E-state index in [1.165, 1.54) is 0 Å². The van der Waals surface area contributed by atoms with Crippen LogP contribution in [0.25, 0.3) is 0 Å². The molecule has 1 rings (SSSR count). The van der Waals surface area contributed by atoms with E-state index in [-0.39, 0.29) is 18.5 Å². The number of carbonyl (C=O) groups is 1. The molecular weight excluding hydrogens is 282 g/mol. The van der Waals surface area contributed by atoms with Crippen LogP contribution < -0.4 is 16.4 Å². The van der Waals surface area contributed by atoms with Crippen LogP contribution in [0.15, 0.2) is 30.3 Å². The molecule has 1 amide bonds. The molecule has 0 radical (unpaired) electrons. The Morgan fingerprint density at radius 2 is 1.91 bits per heavy atom. The monoisotopic (exact) mass is 309 g/mol.